The predicted octanol–water partition coefficient (Wildman–Crippen LogP) is 6.15. The van der Waals surface area contributed by atoms with Gasteiger partial charge in [-0.1, -0.05) is 48.0 Å². The van der Waals surface area contributed by atoms with Crippen molar-refractivity contribution in [2.45, 2.75) is 32.6 Å². The third-order valence-electron chi connectivity index (χ3n) is 4.90. The second-order valence-electron chi connectivity index (χ2n) is 8.20. The van der Waals surface area contributed by atoms with Crippen molar-refractivity contribution in [2.75, 3.05) is 16.6 Å². The van der Waals surface area contributed by atoms with E-state index in [4.69, 9.17) is 4.74 Å². The lowest BCUT2D eigenvalue weighted by Gasteiger charge is -2.15. The molecule has 0 aliphatic rings. The van der Waals surface area contributed by atoms with Crippen LogP contribution in [-0.2, 0) is 10.0 Å². The summed E-state index contributed by atoms with van der Waals surface area (Å²) in [6, 6.07) is 16.9. The van der Waals surface area contributed by atoms with Gasteiger partial charge in [-0.05, 0) is 73.4 Å². The van der Waals surface area contributed by atoms with Gasteiger partial charge in [0.05, 0.1) is 22.8 Å². The van der Waals surface area contributed by atoms with E-state index in [9.17, 15) is 13.2 Å². The normalized spacial score (nSPS) is 11.3. The number of benzene rings is 3. The molecular formula is C25H27BrN2O4S. The maximum atomic E-state index is 12.9. The number of aryl methyl sites for hydroxylation is 2. The van der Waals surface area contributed by atoms with E-state index in [2.05, 4.69) is 26.0 Å². The molecule has 3 aromatic carbocycles. The van der Waals surface area contributed by atoms with Crippen molar-refractivity contribution in [3.05, 3.63) is 81.8 Å². The highest BCUT2D eigenvalue weighted by Crippen LogP contribution is 2.26. The van der Waals surface area contributed by atoms with Crippen LogP contribution in [0.15, 0.2) is 70.0 Å². The predicted molar refractivity (Wildman–Crippen MR) is 136 cm³/mol. The first-order valence-corrected chi connectivity index (χ1v) is 12.8. The summed E-state index contributed by atoms with van der Waals surface area (Å²) < 4.78 is 34.9. The zero-order valence-electron chi connectivity index (χ0n) is 19.0. The first-order chi connectivity index (χ1) is 15.6. The molecule has 1 amide bonds. The van der Waals surface area contributed by atoms with Crippen LogP contribution in [0.1, 0.15) is 35.3 Å². The zero-order chi connectivity index (χ0) is 24.2. The number of carbonyl (C=O) groups excluding carboxylic acids is 1. The smallest absolute Gasteiger partial charge is 0.261 e. The molecule has 8 heteroatoms. The van der Waals surface area contributed by atoms with Crippen molar-refractivity contribution >= 4 is 43.2 Å². The maximum Gasteiger partial charge on any atom is 0.261 e. The summed E-state index contributed by atoms with van der Waals surface area (Å²) in [5.41, 5.74) is 3.11. The molecule has 0 aliphatic heterocycles. The van der Waals surface area contributed by atoms with Gasteiger partial charge in [0.1, 0.15) is 5.75 Å². The van der Waals surface area contributed by atoms with Gasteiger partial charge in [-0.3, -0.25) is 9.52 Å². The number of hydrogen-bond acceptors (Lipinski definition) is 4. The molecule has 0 saturated carbocycles. The van der Waals surface area contributed by atoms with E-state index in [0.717, 1.165) is 15.6 Å². The number of para-hydroxylation sites is 1. The molecule has 174 valence electrons. The molecule has 3 rings (SSSR count). The third-order valence-corrected chi connectivity index (χ3v) is 6.76. The van der Waals surface area contributed by atoms with Crippen molar-refractivity contribution in [3.63, 3.8) is 0 Å². The largest absolute Gasteiger partial charge is 0.492 e. The molecule has 2 N–H and O–H groups in total. The lowest BCUT2D eigenvalue weighted by molar-refractivity contribution is 0.102. The van der Waals surface area contributed by atoms with E-state index in [-0.39, 0.29) is 10.8 Å². The van der Waals surface area contributed by atoms with Crippen molar-refractivity contribution in [1.29, 1.82) is 0 Å². The molecule has 6 nitrogen and oxygen atoms in total. The second kappa shape index (κ2) is 10.4. The number of amides is 1. The molecule has 3 aromatic rings. The number of nitrogens with one attached hydrogen (secondary N) is 2. The molecular weight excluding hydrogens is 504 g/mol. The average molecular weight is 531 g/mol. The van der Waals surface area contributed by atoms with Crippen molar-refractivity contribution < 1.29 is 17.9 Å². The summed E-state index contributed by atoms with van der Waals surface area (Å²) in [6.45, 7) is 8.25. The number of anilines is 2. The fourth-order valence-corrected chi connectivity index (χ4v) is 4.71. The van der Waals surface area contributed by atoms with Crippen LogP contribution in [0.25, 0.3) is 0 Å². The minimum Gasteiger partial charge on any atom is -0.492 e. The van der Waals surface area contributed by atoms with Gasteiger partial charge >= 0.3 is 0 Å². The topological polar surface area (TPSA) is 84.5 Å². The van der Waals surface area contributed by atoms with Gasteiger partial charge in [-0.15, -0.1) is 0 Å². The lowest BCUT2D eigenvalue weighted by atomic mass is 10.1. The first kappa shape index (κ1) is 24.8. The van der Waals surface area contributed by atoms with Crippen molar-refractivity contribution in [1.82, 2.24) is 0 Å². The summed E-state index contributed by atoms with van der Waals surface area (Å²) in [7, 11) is -3.77. The Balaban J connectivity index is 1.77. The van der Waals surface area contributed by atoms with Crippen LogP contribution in [0.4, 0.5) is 11.4 Å². The SMILES string of the molecule is Cc1cccc(C)c1NS(=O)(=O)c1ccc(NC(=O)c2cc(Br)ccc2OCC(C)C)cc1. The molecule has 0 spiro atoms. The standard InChI is InChI=1S/C25H27BrN2O4S/c1-16(2)15-32-23-13-8-19(26)14-22(23)25(29)27-20-9-11-21(12-10-20)33(30,31)28-24-17(3)6-5-7-18(24)4/h5-14,16,28H,15H2,1-4H3,(H,27,29). The van der Waals surface area contributed by atoms with E-state index < -0.39 is 10.0 Å². The molecule has 0 fully saturated rings. The van der Waals surface area contributed by atoms with Crippen LogP contribution in [0.3, 0.4) is 0 Å². The number of ether oxygens (including phenoxy) is 1. The van der Waals surface area contributed by atoms with E-state index in [1.54, 1.807) is 24.3 Å². The first-order valence-electron chi connectivity index (χ1n) is 10.5. The highest BCUT2D eigenvalue weighted by Gasteiger charge is 2.18. The number of rotatable bonds is 8. The molecule has 0 atom stereocenters. The fraction of sp³-hybridized carbons (Fsp3) is 0.240. The molecule has 33 heavy (non-hydrogen) atoms. The molecule has 0 bridgehead atoms. The van der Waals surface area contributed by atoms with E-state index in [1.807, 2.05) is 52.0 Å². The van der Waals surface area contributed by atoms with Gasteiger partial charge in [0.15, 0.2) is 0 Å². The second-order valence-corrected chi connectivity index (χ2v) is 10.8. The Hall–Kier alpha value is -2.84. The summed E-state index contributed by atoms with van der Waals surface area (Å²) in [6.07, 6.45) is 0. The van der Waals surface area contributed by atoms with Crippen LogP contribution >= 0.6 is 15.9 Å². The van der Waals surface area contributed by atoms with Crippen LogP contribution in [0, 0.1) is 19.8 Å². The molecule has 0 heterocycles. The van der Waals surface area contributed by atoms with Gasteiger partial charge in [-0.2, -0.15) is 0 Å². The van der Waals surface area contributed by atoms with Crippen LogP contribution in [-0.4, -0.2) is 20.9 Å². The quantitative estimate of drug-likeness (QED) is 0.365. The number of hydrogen-bond donors (Lipinski definition) is 2. The summed E-state index contributed by atoms with van der Waals surface area (Å²) in [4.78, 5) is 13.0. The Bertz CT molecular complexity index is 1240. The molecule has 0 unspecified atom stereocenters. The van der Waals surface area contributed by atoms with Crippen molar-refractivity contribution in [3.8, 4) is 5.75 Å². The van der Waals surface area contributed by atoms with Gasteiger partial charge in [0.25, 0.3) is 15.9 Å². The number of halogens is 1. The summed E-state index contributed by atoms with van der Waals surface area (Å²) in [5, 5.41) is 2.81. The van der Waals surface area contributed by atoms with E-state index in [1.165, 1.54) is 12.1 Å². The summed E-state index contributed by atoms with van der Waals surface area (Å²) in [5.74, 6) is 0.455. The third kappa shape index (κ3) is 6.36. The number of carbonyl (C=O) groups is 1. The van der Waals surface area contributed by atoms with Gasteiger partial charge in [0.2, 0.25) is 0 Å². The Morgan fingerprint density at radius 3 is 2.24 bits per heavy atom. The van der Waals surface area contributed by atoms with Gasteiger partial charge in [-0.25, -0.2) is 8.42 Å². The van der Waals surface area contributed by atoms with Crippen LogP contribution < -0.4 is 14.8 Å². The molecule has 0 saturated heterocycles. The van der Waals surface area contributed by atoms with Gasteiger partial charge in [0, 0.05) is 10.2 Å². The maximum absolute atomic E-state index is 12.9. The monoisotopic (exact) mass is 530 g/mol. The van der Waals surface area contributed by atoms with Gasteiger partial charge < -0.3 is 10.1 Å². The zero-order valence-corrected chi connectivity index (χ0v) is 21.4. The number of sulfonamides is 1. The van der Waals surface area contributed by atoms with Crippen LogP contribution in [0.5, 0.6) is 5.75 Å². The molecule has 0 aliphatic carbocycles. The Morgan fingerprint density at radius 1 is 1.00 bits per heavy atom. The molecule has 0 radical (unpaired) electrons. The van der Waals surface area contributed by atoms with E-state index in [0.29, 0.717) is 35.2 Å². The highest BCUT2D eigenvalue weighted by atomic mass is 79.9. The highest BCUT2D eigenvalue weighted by molar-refractivity contribution is 9.10. The van der Waals surface area contributed by atoms with Crippen molar-refractivity contribution in [2.24, 2.45) is 5.92 Å². The Kier molecular flexibility index (Phi) is 7.81. The van der Waals surface area contributed by atoms with E-state index >= 15 is 0 Å². The average Bonchev–Trinajstić information content (AvgIpc) is 2.76. The fourth-order valence-electron chi connectivity index (χ4n) is 3.15. The summed E-state index contributed by atoms with van der Waals surface area (Å²) >= 11 is 3.39. The minimum absolute atomic E-state index is 0.103. The molecule has 0 aromatic heterocycles. The van der Waals surface area contributed by atoms with Crippen LogP contribution in [0.2, 0.25) is 0 Å². The Morgan fingerprint density at radius 2 is 1.64 bits per heavy atom. The lowest BCUT2D eigenvalue weighted by Crippen LogP contribution is -2.16. The minimum atomic E-state index is -3.77. The Labute approximate surface area is 203 Å².